The molecule has 2 heterocycles. The highest BCUT2D eigenvalue weighted by Crippen LogP contribution is 2.25. The first-order valence-corrected chi connectivity index (χ1v) is 11.5. The van der Waals surface area contributed by atoms with Gasteiger partial charge in [0.15, 0.2) is 5.82 Å². The van der Waals surface area contributed by atoms with E-state index in [1.807, 2.05) is 26.8 Å². The number of sulfonamides is 1. The zero-order valence-corrected chi connectivity index (χ0v) is 19.1. The van der Waals surface area contributed by atoms with Crippen LogP contribution in [0.5, 0.6) is 11.6 Å². The van der Waals surface area contributed by atoms with Gasteiger partial charge in [0, 0.05) is 22.5 Å². The van der Waals surface area contributed by atoms with Gasteiger partial charge in [-0.2, -0.15) is 5.10 Å². The molecule has 0 bridgehead atoms. The summed E-state index contributed by atoms with van der Waals surface area (Å²) in [4.78, 5) is 8.47. The van der Waals surface area contributed by atoms with Crippen molar-refractivity contribution < 1.29 is 13.2 Å². The van der Waals surface area contributed by atoms with Crippen LogP contribution in [-0.4, -0.2) is 28.2 Å². The van der Waals surface area contributed by atoms with Gasteiger partial charge in [0.2, 0.25) is 5.88 Å². The van der Waals surface area contributed by atoms with E-state index in [1.165, 1.54) is 18.5 Å². The molecule has 1 N–H and O–H groups in total. The molecule has 0 aliphatic carbocycles. The standard InChI is InChI=1S/C22H20ClN5O3S/c1-14-4-9-19(11-20(14)23)32(29,30)27-17-5-7-18(8-6-17)31-22-12-21(24-13-25-22)28-16(3)10-15(2)26-28/h4-13,27H,1-3H3. The van der Waals surface area contributed by atoms with Gasteiger partial charge in [-0.05, 0) is 68.8 Å². The number of anilines is 1. The van der Waals surface area contributed by atoms with Gasteiger partial charge < -0.3 is 4.74 Å². The van der Waals surface area contributed by atoms with Crippen LogP contribution in [0.15, 0.2) is 65.8 Å². The van der Waals surface area contributed by atoms with E-state index in [0.717, 1.165) is 17.0 Å². The molecule has 0 saturated carbocycles. The third-order valence-electron chi connectivity index (χ3n) is 4.64. The lowest BCUT2D eigenvalue weighted by atomic mass is 10.2. The van der Waals surface area contributed by atoms with Crippen LogP contribution >= 0.6 is 11.6 Å². The number of benzene rings is 2. The van der Waals surface area contributed by atoms with Crippen molar-refractivity contribution in [3.8, 4) is 17.4 Å². The van der Waals surface area contributed by atoms with Crippen LogP contribution in [-0.2, 0) is 10.0 Å². The highest BCUT2D eigenvalue weighted by atomic mass is 35.5. The first kappa shape index (κ1) is 21.8. The summed E-state index contributed by atoms with van der Waals surface area (Å²) in [6.45, 7) is 5.65. The molecule has 10 heteroatoms. The molecule has 0 aliphatic heterocycles. The van der Waals surface area contributed by atoms with Gasteiger partial charge in [-0.15, -0.1) is 0 Å². The lowest BCUT2D eigenvalue weighted by molar-refractivity contribution is 0.460. The first-order valence-electron chi connectivity index (χ1n) is 9.64. The molecule has 0 unspecified atom stereocenters. The zero-order valence-electron chi connectivity index (χ0n) is 17.6. The smallest absolute Gasteiger partial charge is 0.261 e. The average Bonchev–Trinajstić information content (AvgIpc) is 3.09. The molecule has 2 aromatic heterocycles. The molecule has 0 saturated heterocycles. The molecule has 0 fully saturated rings. The van der Waals surface area contributed by atoms with Gasteiger partial charge in [-0.1, -0.05) is 17.7 Å². The van der Waals surface area contributed by atoms with Gasteiger partial charge in [-0.3, -0.25) is 4.72 Å². The summed E-state index contributed by atoms with van der Waals surface area (Å²) in [5.74, 6) is 1.41. The van der Waals surface area contributed by atoms with Crippen LogP contribution in [0.25, 0.3) is 5.82 Å². The summed E-state index contributed by atoms with van der Waals surface area (Å²) < 4.78 is 35.3. The molecule has 8 nitrogen and oxygen atoms in total. The minimum Gasteiger partial charge on any atom is -0.439 e. The van der Waals surface area contributed by atoms with Crippen molar-refractivity contribution >= 4 is 27.3 Å². The SMILES string of the molecule is Cc1cc(C)n(-c2cc(Oc3ccc(NS(=O)(=O)c4ccc(C)c(Cl)c4)cc3)ncn2)n1. The average molecular weight is 470 g/mol. The second-order valence-electron chi connectivity index (χ2n) is 7.20. The van der Waals surface area contributed by atoms with Gasteiger partial charge in [-0.25, -0.2) is 23.1 Å². The van der Waals surface area contributed by atoms with Gasteiger partial charge in [0.25, 0.3) is 10.0 Å². The second kappa shape index (κ2) is 8.60. The number of aryl methyl sites for hydroxylation is 3. The molecule has 2 aromatic carbocycles. The van der Waals surface area contributed by atoms with Crippen molar-refractivity contribution in [2.75, 3.05) is 4.72 Å². The van der Waals surface area contributed by atoms with Gasteiger partial charge in [0.1, 0.15) is 12.1 Å². The fourth-order valence-corrected chi connectivity index (χ4v) is 4.36. The van der Waals surface area contributed by atoms with E-state index in [9.17, 15) is 8.42 Å². The van der Waals surface area contributed by atoms with Crippen LogP contribution in [0.4, 0.5) is 5.69 Å². The maximum Gasteiger partial charge on any atom is 0.261 e. The Bertz CT molecular complexity index is 1390. The molecule has 4 rings (SSSR count). The normalized spacial score (nSPS) is 11.4. The maximum atomic E-state index is 12.6. The maximum absolute atomic E-state index is 12.6. The predicted molar refractivity (Wildman–Crippen MR) is 122 cm³/mol. The molecule has 0 spiro atoms. The van der Waals surface area contributed by atoms with Crippen LogP contribution in [0.3, 0.4) is 0 Å². The number of rotatable bonds is 6. The van der Waals surface area contributed by atoms with E-state index in [2.05, 4.69) is 19.8 Å². The fraction of sp³-hybridized carbons (Fsp3) is 0.136. The van der Waals surface area contributed by atoms with E-state index in [4.69, 9.17) is 16.3 Å². The Labute approximate surface area is 190 Å². The summed E-state index contributed by atoms with van der Waals surface area (Å²) in [6.07, 6.45) is 1.40. The molecule has 4 aromatic rings. The van der Waals surface area contributed by atoms with Crippen molar-refractivity contribution in [1.29, 1.82) is 0 Å². The number of hydrogen-bond acceptors (Lipinski definition) is 6. The quantitative estimate of drug-likeness (QED) is 0.434. The third kappa shape index (κ3) is 4.74. The number of aromatic nitrogens is 4. The molecular formula is C22H20ClN5O3S. The predicted octanol–water partition coefficient (Wildman–Crippen LogP) is 4.83. The van der Waals surface area contributed by atoms with Crippen LogP contribution in [0.1, 0.15) is 17.0 Å². The Kier molecular flexibility index (Phi) is 5.86. The van der Waals surface area contributed by atoms with Gasteiger partial charge >= 0.3 is 0 Å². The largest absolute Gasteiger partial charge is 0.439 e. The number of ether oxygens (including phenoxy) is 1. The lowest BCUT2D eigenvalue weighted by Gasteiger charge is -2.10. The fourth-order valence-electron chi connectivity index (χ4n) is 3.03. The van der Waals surface area contributed by atoms with E-state index in [-0.39, 0.29) is 4.90 Å². The minimum absolute atomic E-state index is 0.0890. The Hall–Kier alpha value is -3.43. The Morgan fingerprint density at radius 2 is 1.72 bits per heavy atom. The van der Waals surface area contributed by atoms with Crippen molar-refractivity contribution in [2.24, 2.45) is 0 Å². The summed E-state index contributed by atoms with van der Waals surface area (Å²) in [7, 11) is -3.77. The first-order chi connectivity index (χ1) is 15.2. The Morgan fingerprint density at radius 1 is 0.969 bits per heavy atom. The van der Waals surface area contributed by atoms with Crippen LogP contribution in [0, 0.1) is 20.8 Å². The van der Waals surface area contributed by atoms with Crippen molar-refractivity contribution in [1.82, 2.24) is 19.7 Å². The van der Waals surface area contributed by atoms with Crippen molar-refractivity contribution in [3.63, 3.8) is 0 Å². The monoisotopic (exact) mass is 469 g/mol. The second-order valence-corrected chi connectivity index (χ2v) is 9.29. The molecule has 0 atom stereocenters. The lowest BCUT2D eigenvalue weighted by Crippen LogP contribution is -2.12. The molecule has 164 valence electrons. The zero-order chi connectivity index (χ0) is 22.9. The van der Waals surface area contributed by atoms with Gasteiger partial charge in [0.05, 0.1) is 10.6 Å². The number of halogens is 1. The van der Waals surface area contributed by atoms with E-state index >= 15 is 0 Å². The summed E-state index contributed by atoms with van der Waals surface area (Å²) in [5, 5.41) is 4.80. The van der Waals surface area contributed by atoms with Crippen molar-refractivity contribution in [3.05, 3.63) is 82.9 Å². The van der Waals surface area contributed by atoms with E-state index in [1.54, 1.807) is 41.1 Å². The molecule has 32 heavy (non-hydrogen) atoms. The minimum atomic E-state index is -3.77. The van der Waals surface area contributed by atoms with Crippen LogP contribution < -0.4 is 9.46 Å². The molecule has 0 radical (unpaired) electrons. The van der Waals surface area contributed by atoms with Crippen LogP contribution in [0.2, 0.25) is 5.02 Å². The van der Waals surface area contributed by atoms with E-state index < -0.39 is 10.0 Å². The summed E-state index contributed by atoms with van der Waals surface area (Å²) in [6, 6.07) is 14.7. The highest BCUT2D eigenvalue weighted by molar-refractivity contribution is 7.92. The Morgan fingerprint density at radius 3 is 2.38 bits per heavy atom. The third-order valence-corrected chi connectivity index (χ3v) is 6.42. The highest BCUT2D eigenvalue weighted by Gasteiger charge is 2.15. The van der Waals surface area contributed by atoms with E-state index in [0.29, 0.717) is 28.2 Å². The number of nitrogens with one attached hydrogen (secondary N) is 1. The topological polar surface area (TPSA) is 99.0 Å². The summed E-state index contributed by atoms with van der Waals surface area (Å²) >= 11 is 6.06. The molecule has 0 aliphatic rings. The number of nitrogens with zero attached hydrogens (tertiary/aromatic N) is 4. The Balaban J connectivity index is 1.49. The summed E-state index contributed by atoms with van der Waals surface area (Å²) in [5.41, 5.74) is 3.02. The number of hydrogen-bond donors (Lipinski definition) is 1. The molecular weight excluding hydrogens is 450 g/mol. The molecule has 0 amide bonds. The van der Waals surface area contributed by atoms with Crippen molar-refractivity contribution in [2.45, 2.75) is 25.7 Å².